The zero-order valence-corrected chi connectivity index (χ0v) is 18.8. The Morgan fingerprint density at radius 3 is 2.52 bits per heavy atom. The molecule has 0 amide bonds. The van der Waals surface area contributed by atoms with Crippen LogP contribution in [0.25, 0.3) is 0 Å². The molecule has 5 aliphatic rings. The fraction of sp³-hybridized carbons (Fsp3) is 0.885. The van der Waals surface area contributed by atoms with Crippen LogP contribution in [0.5, 0.6) is 0 Å². The number of fused-ring (bicyclic) bond motifs is 5. The van der Waals surface area contributed by atoms with Crippen molar-refractivity contribution in [2.45, 2.75) is 90.7 Å². The summed E-state index contributed by atoms with van der Waals surface area (Å²) >= 11 is 0. The van der Waals surface area contributed by atoms with E-state index in [2.05, 4.69) is 36.5 Å². The van der Waals surface area contributed by atoms with E-state index in [1.54, 1.807) is 0 Å². The summed E-state index contributed by atoms with van der Waals surface area (Å²) in [6.45, 7) is 8.67. The van der Waals surface area contributed by atoms with Crippen LogP contribution in [0.1, 0.15) is 85.0 Å². The van der Waals surface area contributed by atoms with Crippen LogP contribution in [0, 0.1) is 46.3 Å². The molecule has 160 valence electrons. The smallest absolute Gasteiger partial charge is 0.172 e. The van der Waals surface area contributed by atoms with Crippen molar-refractivity contribution >= 4 is 0 Å². The third-order valence-electron chi connectivity index (χ3n) is 11.3. The van der Waals surface area contributed by atoms with Gasteiger partial charge in [-0.25, -0.2) is 4.98 Å². The van der Waals surface area contributed by atoms with Gasteiger partial charge in [-0.2, -0.15) is 0 Å². The third kappa shape index (κ3) is 2.49. The zero-order valence-electron chi connectivity index (χ0n) is 18.8. The van der Waals surface area contributed by atoms with E-state index in [1.165, 1.54) is 64.2 Å². The number of aromatic nitrogens is 2. The van der Waals surface area contributed by atoms with E-state index in [-0.39, 0.29) is 5.72 Å². The highest BCUT2D eigenvalue weighted by molar-refractivity contribution is 5.14. The second-order valence-electron chi connectivity index (χ2n) is 12.0. The first-order valence-electron chi connectivity index (χ1n) is 12.6. The van der Waals surface area contributed by atoms with Crippen molar-refractivity contribution in [3.8, 4) is 0 Å². The maximum atomic E-state index is 6.23. The van der Waals surface area contributed by atoms with Crippen LogP contribution in [-0.4, -0.2) is 16.2 Å². The van der Waals surface area contributed by atoms with Crippen LogP contribution in [0.4, 0.5) is 0 Å². The molecule has 0 N–H and O–H groups in total. The first kappa shape index (κ1) is 18.9. The van der Waals surface area contributed by atoms with Crippen molar-refractivity contribution in [2.24, 2.45) is 46.3 Å². The molecule has 1 aromatic heterocycles. The fourth-order valence-electron chi connectivity index (χ4n) is 9.55. The molecule has 2 heterocycles. The molecular formula is C26H40N2O. The van der Waals surface area contributed by atoms with E-state index in [0.717, 1.165) is 36.2 Å². The normalized spacial score (nSPS) is 53.8. The topological polar surface area (TPSA) is 30.4 Å². The van der Waals surface area contributed by atoms with Crippen LogP contribution in [0.2, 0.25) is 0 Å². The Morgan fingerprint density at radius 1 is 1.00 bits per heavy atom. The predicted octanol–water partition coefficient (Wildman–Crippen LogP) is 6.25. The van der Waals surface area contributed by atoms with Gasteiger partial charge < -0.3 is 9.30 Å². The molecular weight excluding hydrogens is 356 g/mol. The van der Waals surface area contributed by atoms with E-state index >= 15 is 0 Å². The summed E-state index contributed by atoms with van der Waals surface area (Å²) in [5.74, 6) is 5.55. The molecule has 4 aliphatic carbocycles. The monoisotopic (exact) mass is 396 g/mol. The number of imidazole rings is 1. The van der Waals surface area contributed by atoms with Crippen LogP contribution in [0.3, 0.4) is 0 Å². The van der Waals surface area contributed by atoms with Crippen molar-refractivity contribution in [1.29, 1.82) is 0 Å². The molecule has 4 saturated carbocycles. The second-order valence-corrected chi connectivity index (χ2v) is 12.0. The molecule has 0 spiro atoms. The fourth-order valence-corrected chi connectivity index (χ4v) is 9.55. The Labute approximate surface area is 177 Å². The van der Waals surface area contributed by atoms with Crippen molar-refractivity contribution in [1.82, 2.24) is 9.55 Å². The quantitative estimate of drug-likeness (QED) is 0.565. The minimum atomic E-state index is -0.0763. The van der Waals surface area contributed by atoms with Gasteiger partial charge in [-0.15, -0.1) is 0 Å². The lowest BCUT2D eigenvalue weighted by molar-refractivity contribution is -0.126. The summed E-state index contributed by atoms with van der Waals surface area (Å²) in [7, 11) is 0. The SMILES string of the molecule is CCC1CCC2(C)C(CCC3C2CCC2(C)C3CCC2C2(n3ccnc3)CO2)C1. The minimum absolute atomic E-state index is 0.0763. The zero-order chi connectivity index (χ0) is 19.9. The summed E-state index contributed by atoms with van der Waals surface area (Å²) in [5.41, 5.74) is 1.00. The van der Waals surface area contributed by atoms with Gasteiger partial charge >= 0.3 is 0 Å². The van der Waals surface area contributed by atoms with Crippen LogP contribution in [0.15, 0.2) is 18.7 Å². The maximum Gasteiger partial charge on any atom is 0.172 e. The molecule has 0 bridgehead atoms. The van der Waals surface area contributed by atoms with Crippen LogP contribution >= 0.6 is 0 Å². The minimum Gasteiger partial charge on any atom is -0.347 e. The molecule has 3 heteroatoms. The molecule has 5 fully saturated rings. The molecule has 0 aromatic carbocycles. The van der Waals surface area contributed by atoms with Gasteiger partial charge in [0.2, 0.25) is 0 Å². The van der Waals surface area contributed by atoms with E-state index in [0.29, 0.717) is 16.7 Å². The molecule has 29 heavy (non-hydrogen) atoms. The average Bonchev–Trinajstić information content (AvgIpc) is 3.16. The maximum absolute atomic E-state index is 6.23. The molecule has 1 aliphatic heterocycles. The predicted molar refractivity (Wildman–Crippen MR) is 115 cm³/mol. The van der Waals surface area contributed by atoms with Crippen LogP contribution < -0.4 is 0 Å². The van der Waals surface area contributed by atoms with Gasteiger partial charge in [-0.3, -0.25) is 0 Å². The van der Waals surface area contributed by atoms with E-state index in [4.69, 9.17) is 4.74 Å². The van der Waals surface area contributed by atoms with Gasteiger partial charge in [0, 0.05) is 18.3 Å². The third-order valence-corrected chi connectivity index (χ3v) is 11.3. The molecule has 0 radical (unpaired) electrons. The summed E-state index contributed by atoms with van der Waals surface area (Å²) < 4.78 is 8.52. The van der Waals surface area contributed by atoms with Gasteiger partial charge in [0.05, 0.1) is 12.9 Å². The van der Waals surface area contributed by atoms with Gasteiger partial charge in [0.1, 0.15) is 0 Å². The summed E-state index contributed by atoms with van der Waals surface area (Å²) in [6, 6.07) is 0. The lowest BCUT2D eigenvalue weighted by Crippen LogP contribution is -2.54. The lowest BCUT2D eigenvalue weighted by atomic mass is 9.44. The van der Waals surface area contributed by atoms with Crippen molar-refractivity contribution in [3.63, 3.8) is 0 Å². The lowest BCUT2D eigenvalue weighted by Gasteiger charge is -2.61. The average molecular weight is 397 g/mol. The highest BCUT2D eigenvalue weighted by Gasteiger charge is 2.67. The van der Waals surface area contributed by atoms with E-state index < -0.39 is 0 Å². The van der Waals surface area contributed by atoms with Gasteiger partial charge in [-0.05, 0) is 98.2 Å². The molecule has 9 atom stereocenters. The highest BCUT2D eigenvalue weighted by atomic mass is 16.6. The van der Waals surface area contributed by atoms with Crippen LogP contribution in [-0.2, 0) is 10.5 Å². The Kier molecular flexibility index (Phi) is 4.13. The Balaban J connectivity index is 1.27. The number of hydrogen-bond donors (Lipinski definition) is 0. The first-order valence-corrected chi connectivity index (χ1v) is 12.6. The largest absolute Gasteiger partial charge is 0.347 e. The highest BCUT2D eigenvalue weighted by Crippen LogP contribution is 2.70. The number of epoxide rings is 1. The van der Waals surface area contributed by atoms with E-state index in [1.807, 2.05) is 12.5 Å². The number of nitrogens with zero attached hydrogens (tertiary/aromatic N) is 2. The van der Waals surface area contributed by atoms with Crippen molar-refractivity contribution in [2.75, 3.05) is 6.61 Å². The van der Waals surface area contributed by atoms with Gasteiger partial charge in [0.15, 0.2) is 5.72 Å². The summed E-state index contributed by atoms with van der Waals surface area (Å²) in [6.07, 6.45) is 20.7. The van der Waals surface area contributed by atoms with Crippen molar-refractivity contribution < 1.29 is 4.74 Å². The van der Waals surface area contributed by atoms with E-state index in [9.17, 15) is 0 Å². The summed E-state index contributed by atoms with van der Waals surface area (Å²) in [5, 5.41) is 0. The van der Waals surface area contributed by atoms with Gasteiger partial charge in [-0.1, -0.05) is 27.2 Å². The molecule has 1 aromatic rings. The molecule has 9 unspecified atom stereocenters. The Bertz CT molecular complexity index is 755. The molecule has 3 nitrogen and oxygen atoms in total. The number of rotatable bonds is 3. The van der Waals surface area contributed by atoms with Crippen molar-refractivity contribution in [3.05, 3.63) is 18.7 Å². The second kappa shape index (κ2) is 6.34. The Morgan fingerprint density at radius 2 is 1.79 bits per heavy atom. The standard InChI is InChI=1S/C26H40N2O/c1-4-18-9-11-24(2)19(15-18)5-6-20-21-7-8-23(25(21,3)12-10-22(20)24)26(16-29-26)28-14-13-27-17-28/h13-14,17-23H,4-12,15-16H2,1-3H3. The summed E-state index contributed by atoms with van der Waals surface area (Å²) in [4.78, 5) is 4.34. The molecule has 6 rings (SSSR count). The van der Waals surface area contributed by atoms with Gasteiger partial charge in [0.25, 0.3) is 0 Å². The number of ether oxygens (including phenoxy) is 1. The Hall–Kier alpha value is -0.830. The number of hydrogen-bond acceptors (Lipinski definition) is 2. The molecule has 1 saturated heterocycles. The first-order chi connectivity index (χ1) is 14.0.